The number of aromatic nitrogens is 2. The molecule has 1 atom stereocenters. The van der Waals surface area contributed by atoms with Crippen LogP contribution in [0.15, 0.2) is 24.4 Å². The predicted molar refractivity (Wildman–Crippen MR) is 60.8 cm³/mol. The fraction of sp³-hybridized carbons (Fsp3) is 0.250. The van der Waals surface area contributed by atoms with Crippen molar-refractivity contribution in [2.75, 3.05) is 0 Å². The summed E-state index contributed by atoms with van der Waals surface area (Å²) in [5.74, 6) is -1.25. The summed E-state index contributed by atoms with van der Waals surface area (Å²) in [6, 6.07) is 3.22. The van der Waals surface area contributed by atoms with Gasteiger partial charge in [0.15, 0.2) is 5.82 Å². The van der Waals surface area contributed by atoms with Crippen LogP contribution in [0, 0.1) is 18.6 Å². The zero-order chi connectivity index (χ0) is 12.6. The van der Waals surface area contributed by atoms with Gasteiger partial charge in [-0.25, -0.2) is 13.5 Å². The van der Waals surface area contributed by atoms with E-state index in [1.165, 1.54) is 16.8 Å². The van der Waals surface area contributed by atoms with E-state index in [4.69, 9.17) is 5.73 Å². The van der Waals surface area contributed by atoms with E-state index in [0.717, 1.165) is 17.3 Å². The second-order valence-corrected chi connectivity index (χ2v) is 3.98. The molecule has 0 aliphatic rings. The second-order valence-electron chi connectivity index (χ2n) is 3.98. The first-order valence-corrected chi connectivity index (χ1v) is 5.26. The van der Waals surface area contributed by atoms with Crippen LogP contribution in [0.1, 0.15) is 24.2 Å². The molecule has 2 N–H and O–H groups in total. The van der Waals surface area contributed by atoms with Crippen molar-refractivity contribution >= 4 is 0 Å². The summed E-state index contributed by atoms with van der Waals surface area (Å²) in [7, 11) is 0. The monoisotopic (exact) mass is 237 g/mol. The van der Waals surface area contributed by atoms with Gasteiger partial charge in [0, 0.05) is 23.4 Å². The molecule has 90 valence electrons. The number of halogens is 2. The van der Waals surface area contributed by atoms with Crippen LogP contribution in [0.5, 0.6) is 0 Å². The highest BCUT2D eigenvalue weighted by Gasteiger charge is 2.14. The largest absolute Gasteiger partial charge is 0.324 e. The van der Waals surface area contributed by atoms with Crippen molar-refractivity contribution in [3.05, 3.63) is 47.3 Å². The zero-order valence-corrected chi connectivity index (χ0v) is 9.61. The van der Waals surface area contributed by atoms with Crippen LogP contribution in [0.4, 0.5) is 8.78 Å². The molecule has 1 aromatic heterocycles. The third-order valence-corrected chi connectivity index (χ3v) is 2.68. The number of rotatable bonds is 2. The molecule has 0 saturated carbocycles. The smallest absolute Gasteiger partial charge is 0.151 e. The van der Waals surface area contributed by atoms with Gasteiger partial charge in [-0.1, -0.05) is 0 Å². The molecule has 0 fully saturated rings. The number of hydrogen-bond acceptors (Lipinski definition) is 2. The summed E-state index contributed by atoms with van der Waals surface area (Å²) in [4.78, 5) is 0. The molecule has 0 spiro atoms. The predicted octanol–water partition coefficient (Wildman–Crippen LogP) is 2.48. The maximum absolute atomic E-state index is 13.6. The molecule has 1 aromatic carbocycles. The van der Waals surface area contributed by atoms with Gasteiger partial charge in [-0.3, -0.25) is 0 Å². The highest BCUT2D eigenvalue weighted by molar-refractivity contribution is 5.37. The Kier molecular flexibility index (Phi) is 2.93. The van der Waals surface area contributed by atoms with Crippen LogP contribution < -0.4 is 5.73 Å². The van der Waals surface area contributed by atoms with E-state index in [1.54, 1.807) is 13.1 Å². The number of hydrogen-bond donors (Lipinski definition) is 1. The quantitative estimate of drug-likeness (QED) is 0.872. The number of benzene rings is 1. The van der Waals surface area contributed by atoms with Gasteiger partial charge in [-0.05, 0) is 26.0 Å². The van der Waals surface area contributed by atoms with E-state index in [1.807, 2.05) is 6.92 Å². The van der Waals surface area contributed by atoms with E-state index in [-0.39, 0.29) is 11.7 Å². The lowest BCUT2D eigenvalue weighted by Crippen LogP contribution is -2.07. The van der Waals surface area contributed by atoms with Gasteiger partial charge >= 0.3 is 0 Å². The first-order valence-electron chi connectivity index (χ1n) is 5.26. The average Bonchev–Trinajstić information content (AvgIpc) is 2.60. The molecule has 0 saturated heterocycles. The minimum Gasteiger partial charge on any atom is -0.324 e. The van der Waals surface area contributed by atoms with E-state index < -0.39 is 11.6 Å². The summed E-state index contributed by atoms with van der Waals surface area (Å²) in [6.45, 7) is 3.63. The molecular formula is C12H13F2N3. The van der Waals surface area contributed by atoms with E-state index in [9.17, 15) is 8.78 Å². The molecule has 0 bridgehead atoms. The number of nitrogens with two attached hydrogens (primary N) is 1. The van der Waals surface area contributed by atoms with Gasteiger partial charge in [-0.2, -0.15) is 5.10 Å². The lowest BCUT2D eigenvalue weighted by Gasteiger charge is -2.08. The van der Waals surface area contributed by atoms with Gasteiger partial charge in [0.05, 0.1) is 6.20 Å². The van der Waals surface area contributed by atoms with Gasteiger partial charge in [-0.15, -0.1) is 0 Å². The highest BCUT2D eigenvalue weighted by atomic mass is 19.1. The first kappa shape index (κ1) is 11.7. The van der Waals surface area contributed by atoms with Crippen LogP contribution in [-0.4, -0.2) is 9.78 Å². The standard InChI is InChI=1S/C12H13F2N3/c1-7(15)10-6-16-17(8(10)2)12-4-3-9(13)5-11(12)14/h3-7H,15H2,1-2H3/t7-/m0/s1. The average molecular weight is 237 g/mol. The van der Waals surface area contributed by atoms with Crippen LogP contribution in [-0.2, 0) is 0 Å². The lowest BCUT2D eigenvalue weighted by atomic mass is 10.1. The molecule has 2 rings (SSSR count). The molecule has 1 heterocycles. The molecule has 2 aromatic rings. The van der Waals surface area contributed by atoms with Crippen molar-refractivity contribution in [2.45, 2.75) is 19.9 Å². The molecular weight excluding hydrogens is 224 g/mol. The summed E-state index contributed by atoms with van der Waals surface area (Å²) >= 11 is 0. The van der Waals surface area contributed by atoms with Crippen molar-refractivity contribution in [3.8, 4) is 5.69 Å². The Morgan fingerprint density at radius 3 is 2.59 bits per heavy atom. The number of nitrogens with zero attached hydrogens (tertiary/aromatic N) is 2. The van der Waals surface area contributed by atoms with Gasteiger partial charge in [0.2, 0.25) is 0 Å². The Hall–Kier alpha value is -1.75. The first-order chi connectivity index (χ1) is 8.00. The Bertz CT molecular complexity index is 547. The second kappa shape index (κ2) is 4.25. The summed E-state index contributed by atoms with van der Waals surface area (Å²) < 4.78 is 27.8. The Morgan fingerprint density at radius 2 is 2.06 bits per heavy atom. The fourth-order valence-electron chi connectivity index (χ4n) is 1.77. The van der Waals surface area contributed by atoms with Crippen molar-refractivity contribution in [2.24, 2.45) is 5.73 Å². The van der Waals surface area contributed by atoms with E-state index in [2.05, 4.69) is 5.10 Å². The van der Waals surface area contributed by atoms with E-state index in [0.29, 0.717) is 0 Å². The third-order valence-electron chi connectivity index (χ3n) is 2.68. The topological polar surface area (TPSA) is 43.8 Å². The molecule has 0 radical (unpaired) electrons. The minimum absolute atomic E-state index is 0.174. The van der Waals surface area contributed by atoms with Crippen LogP contribution in [0.2, 0.25) is 0 Å². The van der Waals surface area contributed by atoms with Crippen molar-refractivity contribution < 1.29 is 8.78 Å². The highest BCUT2D eigenvalue weighted by Crippen LogP contribution is 2.20. The van der Waals surface area contributed by atoms with Gasteiger partial charge < -0.3 is 5.73 Å². The summed E-state index contributed by atoms with van der Waals surface area (Å²) in [5, 5.41) is 4.07. The maximum atomic E-state index is 13.6. The molecule has 0 aliphatic carbocycles. The zero-order valence-electron chi connectivity index (χ0n) is 9.61. The molecule has 0 amide bonds. The van der Waals surface area contributed by atoms with Gasteiger partial charge in [0.25, 0.3) is 0 Å². The fourth-order valence-corrected chi connectivity index (χ4v) is 1.77. The molecule has 3 nitrogen and oxygen atoms in total. The maximum Gasteiger partial charge on any atom is 0.151 e. The van der Waals surface area contributed by atoms with Crippen molar-refractivity contribution in [1.82, 2.24) is 9.78 Å². The summed E-state index contributed by atoms with van der Waals surface area (Å²) in [6.07, 6.45) is 1.60. The Balaban J connectivity index is 2.54. The van der Waals surface area contributed by atoms with Crippen molar-refractivity contribution in [3.63, 3.8) is 0 Å². The Labute approximate surface area is 97.9 Å². The Morgan fingerprint density at radius 1 is 1.35 bits per heavy atom. The van der Waals surface area contributed by atoms with Crippen LogP contribution in [0.3, 0.4) is 0 Å². The molecule has 5 heteroatoms. The molecule has 17 heavy (non-hydrogen) atoms. The van der Waals surface area contributed by atoms with E-state index >= 15 is 0 Å². The van der Waals surface area contributed by atoms with Crippen molar-refractivity contribution in [1.29, 1.82) is 0 Å². The molecule has 0 unspecified atom stereocenters. The minimum atomic E-state index is -0.646. The van der Waals surface area contributed by atoms with Crippen LogP contribution >= 0.6 is 0 Å². The normalized spacial score (nSPS) is 12.8. The van der Waals surface area contributed by atoms with Gasteiger partial charge in [0.1, 0.15) is 11.5 Å². The SMILES string of the molecule is Cc1c([C@H](C)N)cnn1-c1ccc(F)cc1F. The third kappa shape index (κ3) is 2.06. The lowest BCUT2D eigenvalue weighted by molar-refractivity contribution is 0.572. The summed E-state index contributed by atoms with van der Waals surface area (Å²) in [5.41, 5.74) is 7.58. The van der Waals surface area contributed by atoms with Crippen LogP contribution in [0.25, 0.3) is 5.69 Å². The molecule has 0 aliphatic heterocycles.